The minimum atomic E-state index is -3.54. The number of hydrogen-bond acceptors (Lipinski definition) is 7. The van der Waals surface area contributed by atoms with Gasteiger partial charge in [0, 0.05) is 31.4 Å². The summed E-state index contributed by atoms with van der Waals surface area (Å²) in [4.78, 5) is 19.8. The lowest BCUT2D eigenvalue weighted by Crippen LogP contribution is -2.45. The molecule has 4 aromatic rings. The van der Waals surface area contributed by atoms with Crippen molar-refractivity contribution in [3.05, 3.63) is 82.8 Å². The molecule has 0 saturated carbocycles. The molecule has 38 heavy (non-hydrogen) atoms. The maximum Gasteiger partial charge on any atom is 0.323 e. The Kier molecular flexibility index (Phi) is 7.55. The Labute approximate surface area is 221 Å². The molecule has 1 aliphatic heterocycles. The van der Waals surface area contributed by atoms with E-state index in [-0.39, 0.29) is 23.2 Å². The number of piperidine rings is 1. The van der Waals surface area contributed by atoms with Crippen LogP contribution >= 0.6 is 0 Å². The molecule has 1 atom stereocenters. The Balaban J connectivity index is 1.09. The lowest BCUT2D eigenvalue weighted by Gasteiger charge is -2.34. The van der Waals surface area contributed by atoms with Crippen molar-refractivity contribution in [2.75, 3.05) is 31.1 Å². The number of aromatic nitrogens is 2. The van der Waals surface area contributed by atoms with Crippen LogP contribution in [0.15, 0.2) is 81.3 Å². The van der Waals surface area contributed by atoms with Crippen LogP contribution in [0, 0.1) is 6.92 Å². The molecule has 0 radical (unpaired) electrons. The number of sulfone groups is 1. The van der Waals surface area contributed by atoms with Crippen LogP contribution in [0.3, 0.4) is 0 Å². The van der Waals surface area contributed by atoms with Gasteiger partial charge in [-0.1, -0.05) is 23.8 Å². The number of rotatable bonds is 9. The first-order valence-corrected chi connectivity index (χ1v) is 14.2. The number of H-pyrrole nitrogens is 2. The Morgan fingerprint density at radius 3 is 2.34 bits per heavy atom. The van der Waals surface area contributed by atoms with Crippen molar-refractivity contribution in [3.63, 3.8) is 0 Å². The number of hydrogen-bond donors (Lipinski definition) is 4. The van der Waals surface area contributed by atoms with E-state index in [1.807, 2.05) is 19.1 Å². The third kappa shape index (κ3) is 5.77. The van der Waals surface area contributed by atoms with Crippen LogP contribution in [0.25, 0.3) is 11.0 Å². The van der Waals surface area contributed by atoms with Crippen LogP contribution in [0.2, 0.25) is 0 Å². The van der Waals surface area contributed by atoms with Crippen molar-refractivity contribution in [2.45, 2.75) is 41.7 Å². The van der Waals surface area contributed by atoms with Gasteiger partial charge in [-0.05, 0) is 68.3 Å². The number of ether oxygens (including phenoxy) is 1. The SMILES string of the molecule is Cc1ccc(S(=O)(=O)c2ccc(N3CCC(NC[C@H](O)COc4cccc5[nH]c(=O)[nH]c45)CC3)cc2)cc1. The molecule has 1 saturated heterocycles. The number of para-hydroxylation sites is 1. The lowest BCUT2D eigenvalue weighted by atomic mass is 10.0. The molecule has 200 valence electrons. The number of anilines is 1. The fraction of sp³-hybridized carbons (Fsp3) is 0.321. The van der Waals surface area contributed by atoms with E-state index in [2.05, 4.69) is 20.2 Å². The standard InChI is InChI=1S/C28H32N4O5S/c1-19-5-9-23(10-6-19)38(35,36)24-11-7-21(8-12-24)32-15-13-20(14-16-32)29-17-22(33)18-37-26-4-2-3-25-27(26)31-28(34)30-25/h2-12,20,22,29,33H,13-18H2,1H3,(H2,30,31,34)/t22-/m0/s1. The molecule has 3 aromatic carbocycles. The number of nitrogens with zero attached hydrogens (tertiary/aromatic N) is 1. The lowest BCUT2D eigenvalue weighted by molar-refractivity contribution is 0.103. The molecule has 9 nitrogen and oxygen atoms in total. The number of aromatic amines is 2. The number of benzene rings is 3. The summed E-state index contributed by atoms with van der Waals surface area (Å²) in [5.74, 6) is 0.519. The maximum absolute atomic E-state index is 12.9. The second-order valence-corrected chi connectivity index (χ2v) is 11.7. The van der Waals surface area contributed by atoms with Crippen LogP contribution < -0.4 is 20.6 Å². The zero-order valence-corrected chi connectivity index (χ0v) is 22.0. The normalized spacial score (nSPS) is 15.6. The van der Waals surface area contributed by atoms with E-state index < -0.39 is 15.9 Å². The monoisotopic (exact) mass is 536 g/mol. The Hall–Kier alpha value is -3.60. The molecular weight excluding hydrogens is 504 g/mol. The van der Waals surface area contributed by atoms with Gasteiger partial charge in [-0.25, -0.2) is 13.2 Å². The molecule has 1 aromatic heterocycles. The number of aliphatic hydroxyl groups is 1. The van der Waals surface area contributed by atoms with Gasteiger partial charge >= 0.3 is 5.69 Å². The van der Waals surface area contributed by atoms with Crippen LogP contribution in [-0.4, -0.2) is 61.9 Å². The summed E-state index contributed by atoms with van der Waals surface area (Å²) >= 11 is 0. The maximum atomic E-state index is 12.9. The fourth-order valence-electron chi connectivity index (χ4n) is 4.73. The van der Waals surface area contributed by atoms with E-state index in [1.165, 1.54) is 0 Å². The summed E-state index contributed by atoms with van der Waals surface area (Å²) in [7, 11) is -3.54. The summed E-state index contributed by atoms with van der Waals surface area (Å²) in [5.41, 5.74) is 2.97. The van der Waals surface area contributed by atoms with Crippen LogP contribution in [0.5, 0.6) is 5.75 Å². The van der Waals surface area contributed by atoms with Crippen molar-refractivity contribution < 1.29 is 18.3 Å². The quantitative estimate of drug-likeness (QED) is 0.259. The van der Waals surface area contributed by atoms with Crippen LogP contribution in [0.1, 0.15) is 18.4 Å². The van der Waals surface area contributed by atoms with Gasteiger partial charge in [0.25, 0.3) is 0 Å². The second kappa shape index (κ2) is 11.0. The molecule has 0 bridgehead atoms. The molecule has 10 heteroatoms. The fourth-order valence-corrected chi connectivity index (χ4v) is 5.99. The summed E-state index contributed by atoms with van der Waals surface area (Å²) in [6, 6.07) is 19.6. The molecule has 1 aliphatic rings. The first kappa shape index (κ1) is 26.0. The number of fused-ring (bicyclic) bond motifs is 1. The molecule has 2 heterocycles. The Morgan fingerprint density at radius 1 is 1.00 bits per heavy atom. The van der Waals surface area contributed by atoms with E-state index in [0.29, 0.717) is 28.2 Å². The van der Waals surface area contributed by atoms with Crippen molar-refractivity contribution in [2.24, 2.45) is 0 Å². The van der Waals surface area contributed by atoms with E-state index in [4.69, 9.17) is 4.74 Å². The molecule has 1 fully saturated rings. The zero-order chi connectivity index (χ0) is 26.7. The van der Waals surface area contributed by atoms with E-state index in [1.54, 1.807) is 54.6 Å². The van der Waals surface area contributed by atoms with E-state index in [0.717, 1.165) is 37.2 Å². The highest BCUT2D eigenvalue weighted by Crippen LogP contribution is 2.26. The Bertz CT molecular complexity index is 1540. The minimum absolute atomic E-state index is 0.107. The van der Waals surface area contributed by atoms with E-state index in [9.17, 15) is 18.3 Å². The highest BCUT2D eigenvalue weighted by Gasteiger charge is 2.22. The third-order valence-electron chi connectivity index (χ3n) is 6.92. The highest BCUT2D eigenvalue weighted by molar-refractivity contribution is 7.91. The summed E-state index contributed by atoms with van der Waals surface area (Å²) < 4.78 is 31.6. The van der Waals surface area contributed by atoms with Gasteiger partial charge in [0.1, 0.15) is 24.0 Å². The molecule has 0 unspecified atom stereocenters. The largest absolute Gasteiger partial charge is 0.489 e. The smallest absolute Gasteiger partial charge is 0.323 e. The van der Waals surface area contributed by atoms with Gasteiger partial charge in [0.2, 0.25) is 9.84 Å². The van der Waals surface area contributed by atoms with Crippen LogP contribution in [0.4, 0.5) is 5.69 Å². The topological polar surface area (TPSA) is 128 Å². The summed E-state index contributed by atoms with van der Waals surface area (Å²) in [6.07, 6.45) is 1.11. The highest BCUT2D eigenvalue weighted by atomic mass is 32.2. The number of aryl methyl sites for hydroxylation is 1. The van der Waals surface area contributed by atoms with Crippen molar-refractivity contribution >= 4 is 26.6 Å². The average molecular weight is 537 g/mol. The number of nitrogens with one attached hydrogen (secondary N) is 3. The van der Waals surface area contributed by atoms with Crippen molar-refractivity contribution in [1.29, 1.82) is 0 Å². The second-order valence-electron chi connectivity index (χ2n) is 9.70. The molecule has 0 aliphatic carbocycles. The number of imidazole rings is 1. The first-order valence-electron chi connectivity index (χ1n) is 12.7. The van der Waals surface area contributed by atoms with Gasteiger partial charge in [-0.2, -0.15) is 0 Å². The van der Waals surface area contributed by atoms with Crippen molar-refractivity contribution in [3.8, 4) is 5.75 Å². The van der Waals surface area contributed by atoms with Gasteiger partial charge in [-0.3, -0.25) is 0 Å². The summed E-state index contributed by atoms with van der Waals surface area (Å²) in [5, 5.41) is 13.8. The average Bonchev–Trinajstić information content (AvgIpc) is 3.32. The zero-order valence-electron chi connectivity index (χ0n) is 21.2. The predicted molar refractivity (Wildman–Crippen MR) is 147 cm³/mol. The number of aliphatic hydroxyl groups excluding tert-OH is 1. The van der Waals surface area contributed by atoms with Crippen LogP contribution in [-0.2, 0) is 9.84 Å². The van der Waals surface area contributed by atoms with Gasteiger partial charge in [0.15, 0.2) is 0 Å². The van der Waals surface area contributed by atoms with E-state index >= 15 is 0 Å². The molecule has 5 rings (SSSR count). The molecule has 4 N–H and O–H groups in total. The van der Waals surface area contributed by atoms with Gasteiger partial charge < -0.3 is 30.0 Å². The molecule has 0 spiro atoms. The minimum Gasteiger partial charge on any atom is -0.489 e. The van der Waals surface area contributed by atoms with Gasteiger partial charge in [-0.15, -0.1) is 0 Å². The predicted octanol–water partition coefficient (Wildman–Crippen LogP) is 3.00. The Morgan fingerprint density at radius 2 is 1.66 bits per heavy atom. The van der Waals surface area contributed by atoms with Crippen molar-refractivity contribution in [1.82, 2.24) is 15.3 Å². The molecular formula is C28H32N4O5S. The van der Waals surface area contributed by atoms with Gasteiger partial charge in [0.05, 0.1) is 15.3 Å². The first-order chi connectivity index (χ1) is 18.3. The molecule has 0 amide bonds. The summed E-state index contributed by atoms with van der Waals surface area (Å²) in [6.45, 7) is 4.10. The third-order valence-corrected chi connectivity index (χ3v) is 8.71.